The smallest absolute Gasteiger partial charge is 0.258 e. The van der Waals surface area contributed by atoms with Crippen LogP contribution in [0.15, 0.2) is 78.9 Å². The second-order valence-corrected chi connectivity index (χ2v) is 7.84. The molecule has 0 spiro atoms. The number of amides is 2. The van der Waals surface area contributed by atoms with Crippen LogP contribution in [0.25, 0.3) is 0 Å². The first kappa shape index (κ1) is 22.4. The third kappa shape index (κ3) is 5.71. The predicted molar refractivity (Wildman–Crippen MR) is 128 cm³/mol. The van der Waals surface area contributed by atoms with Crippen molar-refractivity contribution in [2.24, 2.45) is 0 Å². The average Bonchev–Trinajstić information content (AvgIpc) is 3.29. The van der Waals surface area contributed by atoms with Crippen LogP contribution in [0.3, 0.4) is 0 Å². The molecule has 4 rings (SSSR count). The van der Waals surface area contributed by atoms with Crippen LogP contribution in [0.2, 0.25) is 0 Å². The summed E-state index contributed by atoms with van der Waals surface area (Å²) in [5, 5.41) is 3.08. The molecular weight excluding hydrogens is 416 g/mol. The lowest BCUT2D eigenvalue weighted by molar-refractivity contribution is -0.123. The van der Waals surface area contributed by atoms with Gasteiger partial charge in [-0.15, -0.1) is 0 Å². The Morgan fingerprint density at radius 2 is 1.55 bits per heavy atom. The van der Waals surface area contributed by atoms with E-state index in [1.807, 2.05) is 73.7 Å². The molecule has 1 atom stereocenters. The maximum absolute atomic E-state index is 12.7. The maximum atomic E-state index is 12.7. The van der Waals surface area contributed by atoms with E-state index in [9.17, 15) is 9.59 Å². The van der Waals surface area contributed by atoms with E-state index >= 15 is 0 Å². The Kier molecular flexibility index (Phi) is 7.25. The Labute approximate surface area is 194 Å². The Morgan fingerprint density at radius 3 is 2.18 bits per heavy atom. The van der Waals surface area contributed by atoms with Gasteiger partial charge in [-0.2, -0.15) is 0 Å². The maximum Gasteiger partial charge on any atom is 0.258 e. The molecule has 2 amide bonds. The number of carbonyl (C=O) groups is 2. The summed E-state index contributed by atoms with van der Waals surface area (Å²) in [6.45, 7) is 3.18. The molecule has 0 bridgehead atoms. The molecule has 0 aromatic heterocycles. The summed E-state index contributed by atoms with van der Waals surface area (Å²) in [4.78, 5) is 26.4. The lowest BCUT2D eigenvalue weighted by atomic mass is 9.98. The minimum absolute atomic E-state index is 0.109. The SMILES string of the molecule is CCOc1ccc(C(NC(=O)COc2ccc(N3CCCC3=O)cc2)c2ccccc2)cc1. The molecule has 1 saturated heterocycles. The fourth-order valence-corrected chi connectivity index (χ4v) is 3.92. The van der Waals surface area contributed by atoms with Gasteiger partial charge in [0.2, 0.25) is 5.91 Å². The number of nitrogens with zero attached hydrogens (tertiary/aromatic N) is 1. The fraction of sp³-hybridized carbons (Fsp3) is 0.259. The van der Waals surface area contributed by atoms with Gasteiger partial charge < -0.3 is 19.7 Å². The van der Waals surface area contributed by atoms with Crippen molar-refractivity contribution in [3.63, 3.8) is 0 Å². The molecule has 1 heterocycles. The van der Waals surface area contributed by atoms with Crippen LogP contribution in [-0.4, -0.2) is 31.6 Å². The van der Waals surface area contributed by atoms with E-state index in [4.69, 9.17) is 9.47 Å². The first-order chi connectivity index (χ1) is 16.1. The minimum Gasteiger partial charge on any atom is -0.494 e. The van der Waals surface area contributed by atoms with E-state index in [-0.39, 0.29) is 24.5 Å². The number of benzene rings is 3. The van der Waals surface area contributed by atoms with Crippen molar-refractivity contribution >= 4 is 17.5 Å². The van der Waals surface area contributed by atoms with Crippen molar-refractivity contribution in [1.29, 1.82) is 0 Å². The number of carbonyl (C=O) groups excluding carboxylic acids is 2. The number of nitrogens with one attached hydrogen (secondary N) is 1. The molecule has 1 N–H and O–H groups in total. The van der Waals surface area contributed by atoms with Crippen LogP contribution in [0.1, 0.15) is 36.9 Å². The summed E-state index contributed by atoms with van der Waals surface area (Å²) in [7, 11) is 0. The Balaban J connectivity index is 1.40. The zero-order chi connectivity index (χ0) is 23.0. The normalized spacial score (nSPS) is 14.1. The molecule has 0 aliphatic carbocycles. The van der Waals surface area contributed by atoms with Crippen LogP contribution >= 0.6 is 0 Å². The van der Waals surface area contributed by atoms with Gasteiger partial charge in [0.05, 0.1) is 12.6 Å². The third-order valence-electron chi connectivity index (χ3n) is 5.55. The molecule has 33 heavy (non-hydrogen) atoms. The average molecular weight is 445 g/mol. The highest BCUT2D eigenvalue weighted by Crippen LogP contribution is 2.25. The minimum atomic E-state index is -0.304. The zero-order valence-corrected chi connectivity index (χ0v) is 18.7. The summed E-state index contributed by atoms with van der Waals surface area (Å²) in [6, 6.07) is 24.5. The molecule has 3 aromatic carbocycles. The highest BCUT2D eigenvalue weighted by molar-refractivity contribution is 5.95. The molecule has 6 heteroatoms. The van der Waals surface area contributed by atoms with Gasteiger partial charge in [-0.05, 0) is 60.9 Å². The van der Waals surface area contributed by atoms with Gasteiger partial charge in [-0.1, -0.05) is 42.5 Å². The Hall–Kier alpha value is -3.80. The summed E-state index contributed by atoms with van der Waals surface area (Å²) in [5.74, 6) is 1.29. The molecule has 0 radical (unpaired) electrons. The van der Waals surface area contributed by atoms with E-state index in [1.165, 1.54) is 0 Å². The van der Waals surface area contributed by atoms with E-state index in [2.05, 4.69) is 5.32 Å². The van der Waals surface area contributed by atoms with Crippen molar-refractivity contribution in [3.05, 3.63) is 90.0 Å². The van der Waals surface area contributed by atoms with E-state index in [0.29, 0.717) is 18.8 Å². The van der Waals surface area contributed by atoms with Crippen molar-refractivity contribution < 1.29 is 19.1 Å². The highest BCUT2D eigenvalue weighted by Gasteiger charge is 2.21. The number of ether oxygens (including phenoxy) is 2. The lowest BCUT2D eigenvalue weighted by Gasteiger charge is -2.20. The molecular formula is C27H28N2O4. The first-order valence-electron chi connectivity index (χ1n) is 11.2. The molecule has 1 fully saturated rings. The first-order valence-corrected chi connectivity index (χ1v) is 11.2. The van der Waals surface area contributed by atoms with Gasteiger partial charge in [-0.25, -0.2) is 0 Å². The number of anilines is 1. The zero-order valence-electron chi connectivity index (χ0n) is 18.7. The van der Waals surface area contributed by atoms with Gasteiger partial charge in [-0.3, -0.25) is 9.59 Å². The summed E-state index contributed by atoms with van der Waals surface area (Å²) < 4.78 is 11.2. The second kappa shape index (κ2) is 10.7. The fourth-order valence-electron chi connectivity index (χ4n) is 3.92. The van der Waals surface area contributed by atoms with Crippen LogP contribution < -0.4 is 19.7 Å². The van der Waals surface area contributed by atoms with Crippen LogP contribution in [0.4, 0.5) is 5.69 Å². The van der Waals surface area contributed by atoms with Crippen molar-refractivity contribution in [3.8, 4) is 11.5 Å². The molecule has 170 valence electrons. The lowest BCUT2D eigenvalue weighted by Crippen LogP contribution is -2.33. The second-order valence-electron chi connectivity index (χ2n) is 7.84. The van der Waals surface area contributed by atoms with Crippen molar-refractivity contribution in [2.45, 2.75) is 25.8 Å². The van der Waals surface area contributed by atoms with E-state index < -0.39 is 0 Å². The van der Waals surface area contributed by atoms with Crippen molar-refractivity contribution in [2.75, 3.05) is 24.7 Å². The van der Waals surface area contributed by atoms with Gasteiger partial charge in [0, 0.05) is 18.7 Å². The quantitative estimate of drug-likeness (QED) is 0.528. The molecule has 1 aliphatic heterocycles. The van der Waals surface area contributed by atoms with Gasteiger partial charge in [0.25, 0.3) is 5.91 Å². The number of hydrogen-bond donors (Lipinski definition) is 1. The summed E-state index contributed by atoms with van der Waals surface area (Å²) in [5.41, 5.74) is 2.79. The molecule has 1 aliphatic rings. The summed E-state index contributed by atoms with van der Waals surface area (Å²) in [6.07, 6.45) is 1.48. The van der Waals surface area contributed by atoms with Gasteiger partial charge >= 0.3 is 0 Å². The van der Waals surface area contributed by atoms with Crippen molar-refractivity contribution in [1.82, 2.24) is 5.32 Å². The van der Waals surface area contributed by atoms with Crippen LogP contribution in [0.5, 0.6) is 11.5 Å². The van der Waals surface area contributed by atoms with Crippen LogP contribution in [-0.2, 0) is 9.59 Å². The van der Waals surface area contributed by atoms with Gasteiger partial charge in [0.15, 0.2) is 6.61 Å². The Morgan fingerprint density at radius 1 is 0.909 bits per heavy atom. The Bertz CT molecular complexity index is 1070. The molecule has 0 saturated carbocycles. The predicted octanol–water partition coefficient (Wildman–Crippen LogP) is 4.50. The third-order valence-corrected chi connectivity index (χ3v) is 5.55. The molecule has 3 aromatic rings. The standard InChI is InChI=1S/C27H28N2O4/c1-2-32-23-14-10-21(11-15-23)27(20-7-4-3-5-8-20)28-25(30)19-33-24-16-12-22(13-17-24)29-18-6-9-26(29)31/h3-5,7-8,10-17,27H,2,6,9,18-19H2,1H3,(H,28,30). The van der Waals surface area contributed by atoms with E-state index in [0.717, 1.165) is 35.5 Å². The van der Waals surface area contributed by atoms with Gasteiger partial charge in [0.1, 0.15) is 11.5 Å². The topological polar surface area (TPSA) is 67.9 Å². The van der Waals surface area contributed by atoms with Crippen LogP contribution in [0, 0.1) is 0 Å². The number of rotatable bonds is 9. The summed E-state index contributed by atoms with van der Waals surface area (Å²) >= 11 is 0. The largest absolute Gasteiger partial charge is 0.494 e. The number of hydrogen-bond acceptors (Lipinski definition) is 4. The van der Waals surface area contributed by atoms with E-state index in [1.54, 1.807) is 17.0 Å². The monoisotopic (exact) mass is 444 g/mol. The highest BCUT2D eigenvalue weighted by atomic mass is 16.5. The molecule has 1 unspecified atom stereocenters. The molecule has 6 nitrogen and oxygen atoms in total.